The molecule has 0 radical (unpaired) electrons. The number of hydrogen-bond acceptors (Lipinski definition) is 5. The first-order chi connectivity index (χ1) is 16.6. The van der Waals surface area contributed by atoms with E-state index in [2.05, 4.69) is 12.1 Å². The number of ketones is 1. The molecule has 0 amide bonds. The molecule has 0 aliphatic carbocycles. The van der Waals surface area contributed by atoms with Gasteiger partial charge < -0.3 is 9.64 Å². The average molecular weight is 446 g/mol. The van der Waals surface area contributed by atoms with Crippen molar-refractivity contribution in [1.29, 1.82) is 10.5 Å². The van der Waals surface area contributed by atoms with E-state index in [-0.39, 0.29) is 5.78 Å². The van der Waals surface area contributed by atoms with E-state index in [1.54, 1.807) is 12.1 Å². The number of nitriles is 2. The third-order valence-corrected chi connectivity index (χ3v) is 6.79. The fourth-order valence-corrected chi connectivity index (χ4v) is 5.32. The van der Waals surface area contributed by atoms with Crippen molar-refractivity contribution >= 4 is 17.5 Å². The van der Waals surface area contributed by atoms with Gasteiger partial charge in [0, 0.05) is 17.2 Å². The number of rotatable bonds is 5. The van der Waals surface area contributed by atoms with Gasteiger partial charge in [-0.25, -0.2) is 0 Å². The summed E-state index contributed by atoms with van der Waals surface area (Å²) >= 11 is 0. The molecular formula is C29H23N3O2. The molecule has 1 saturated heterocycles. The Kier molecular flexibility index (Phi) is 5.40. The van der Waals surface area contributed by atoms with Gasteiger partial charge in [0.25, 0.3) is 0 Å². The molecular weight excluding hydrogens is 422 g/mol. The van der Waals surface area contributed by atoms with Crippen molar-refractivity contribution in [1.82, 2.24) is 0 Å². The van der Waals surface area contributed by atoms with Crippen LogP contribution in [0.3, 0.4) is 0 Å². The van der Waals surface area contributed by atoms with Crippen LogP contribution in [-0.2, 0) is 0 Å². The third kappa shape index (κ3) is 3.17. The van der Waals surface area contributed by atoms with Crippen LogP contribution in [0.25, 0.3) is 6.08 Å². The molecule has 2 aliphatic heterocycles. The van der Waals surface area contributed by atoms with Gasteiger partial charge in [0.2, 0.25) is 0 Å². The summed E-state index contributed by atoms with van der Waals surface area (Å²) in [5.41, 5.74) is 1.68. The Morgan fingerprint density at radius 1 is 0.971 bits per heavy atom. The molecule has 34 heavy (non-hydrogen) atoms. The van der Waals surface area contributed by atoms with Crippen LogP contribution in [0.1, 0.15) is 34.3 Å². The van der Waals surface area contributed by atoms with Crippen molar-refractivity contribution in [3.63, 3.8) is 0 Å². The van der Waals surface area contributed by atoms with Gasteiger partial charge in [0.1, 0.15) is 11.8 Å². The smallest absolute Gasteiger partial charge is 0.185 e. The Morgan fingerprint density at radius 2 is 1.65 bits per heavy atom. The van der Waals surface area contributed by atoms with Gasteiger partial charge in [-0.3, -0.25) is 4.79 Å². The van der Waals surface area contributed by atoms with Gasteiger partial charge >= 0.3 is 0 Å². The molecule has 0 N–H and O–H groups in total. The summed E-state index contributed by atoms with van der Waals surface area (Å²) in [5, 5.41) is 21.0. The summed E-state index contributed by atoms with van der Waals surface area (Å²) in [7, 11) is 0. The Hall–Kier alpha value is -4.35. The number of ether oxygens (including phenoxy) is 1. The number of Topliss-reactive ketones (excluding diaryl/α,β-unsaturated/α-hetero) is 1. The van der Waals surface area contributed by atoms with Gasteiger partial charge in [-0.15, -0.1) is 0 Å². The van der Waals surface area contributed by atoms with Gasteiger partial charge in [-0.2, -0.15) is 10.5 Å². The molecule has 1 fully saturated rings. The molecule has 5 nitrogen and oxygen atoms in total. The molecule has 0 spiro atoms. The number of carbonyl (C=O) groups is 1. The maximum absolute atomic E-state index is 14.1. The van der Waals surface area contributed by atoms with Crippen molar-refractivity contribution in [2.45, 2.75) is 24.9 Å². The summed E-state index contributed by atoms with van der Waals surface area (Å²) in [5.74, 6) is -0.0636. The average Bonchev–Trinajstić information content (AvgIpc) is 3.20. The largest absolute Gasteiger partial charge is 0.494 e. The summed E-state index contributed by atoms with van der Waals surface area (Å²) in [6.07, 6.45) is 3.85. The third-order valence-electron chi connectivity index (χ3n) is 6.79. The fourth-order valence-electron chi connectivity index (χ4n) is 5.32. The highest BCUT2D eigenvalue weighted by Crippen LogP contribution is 2.55. The molecule has 3 aromatic rings. The lowest BCUT2D eigenvalue weighted by Gasteiger charge is -2.35. The highest BCUT2D eigenvalue weighted by atomic mass is 16.5. The maximum atomic E-state index is 14.1. The predicted molar refractivity (Wildman–Crippen MR) is 130 cm³/mol. The number of fused-ring (bicyclic) bond motifs is 3. The molecule has 2 heterocycles. The number of benzene rings is 3. The minimum absolute atomic E-state index is 0.109. The summed E-state index contributed by atoms with van der Waals surface area (Å²) in [6.45, 7) is 2.45. The van der Waals surface area contributed by atoms with Crippen LogP contribution in [0.2, 0.25) is 0 Å². The Bertz CT molecular complexity index is 1320. The van der Waals surface area contributed by atoms with Crippen molar-refractivity contribution in [3.05, 3.63) is 102 Å². The van der Waals surface area contributed by atoms with Crippen molar-refractivity contribution in [3.8, 4) is 17.9 Å². The number of hydrogen-bond donors (Lipinski definition) is 0. The van der Waals surface area contributed by atoms with Crippen LogP contribution < -0.4 is 9.64 Å². The monoisotopic (exact) mass is 445 g/mol. The summed E-state index contributed by atoms with van der Waals surface area (Å²) in [6, 6.07) is 27.7. The fraction of sp³-hybridized carbons (Fsp3) is 0.207. The first-order valence-corrected chi connectivity index (χ1v) is 11.3. The molecule has 0 saturated carbocycles. The maximum Gasteiger partial charge on any atom is 0.185 e. The van der Waals surface area contributed by atoms with E-state index in [0.717, 1.165) is 16.8 Å². The zero-order valence-corrected chi connectivity index (χ0v) is 18.8. The quantitative estimate of drug-likeness (QED) is 0.494. The topological polar surface area (TPSA) is 77.1 Å². The molecule has 2 aliphatic rings. The molecule has 3 atom stereocenters. The van der Waals surface area contributed by atoms with Crippen LogP contribution in [-0.4, -0.2) is 24.5 Å². The number of nitrogens with zero attached hydrogens (tertiary/aromatic N) is 3. The van der Waals surface area contributed by atoms with Crippen LogP contribution >= 0.6 is 0 Å². The lowest BCUT2D eigenvalue weighted by Crippen LogP contribution is -2.44. The lowest BCUT2D eigenvalue weighted by molar-refractivity contribution is 0.0951. The van der Waals surface area contributed by atoms with Crippen molar-refractivity contribution in [2.75, 3.05) is 11.5 Å². The first kappa shape index (κ1) is 21.5. The van der Waals surface area contributed by atoms with E-state index < -0.39 is 23.4 Å². The summed E-state index contributed by atoms with van der Waals surface area (Å²) in [4.78, 5) is 16.1. The second-order valence-electron chi connectivity index (χ2n) is 8.52. The van der Waals surface area contributed by atoms with E-state index in [4.69, 9.17) is 4.74 Å². The van der Waals surface area contributed by atoms with Crippen LogP contribution in [0.5, 0.6) is 5.75 Å². The molecule has 166 valence electrons. The first-order valence-electron chi connectivity index (χ1n) is 11.3. The highest BCUT2D eigenvalue weighted by molar-refractivity contribution is 6.04. The standard InChI is InChI=1S/C29H23N3O2/c1-2-34-23-15-12-21(13-16-23)26-27(28(33)22-9-4-3-5-10-22)32-24-11-7-6-8-20(24)14-17-25(32)29(26,18-30)19-31/h3-17,25-27H,2H2,1H3/t25-,26+,27-/m1/s1. The van der Waals surface area contributed by atoms with Crippen molar-refractivity contribution < 1.29 is 9.53 Å². The number of carbonyl (C=O) groups excluding carboxylic acids is 1. The Labute approximate surface area is 199 Å². The molecule has 5 rings (SSSR count). The minimum Gasteiger partial charge on any atom is -0.494 e. The molecule has 3 aromatic carbocycles. The van der Waals surface area contributed by atoms with E-state index in [0.29, 0.717) is 17.9 Å². The second kappa shape index (κ2) is 8.54. The molecule has 0 aromatic heterocycles. The van der Waals surface area contributed by atoms with Crippen molar-refractivity contribution in [2.24, 2.45) is 5.41 Å². The SMILES string of the molecule is CCOc1ccc([C@H]2[C@H](C(=O)c3ccccc3)N3c4ccccc4C=C[C@@H]3C2(C#N)C#N)cc1. The Balaban J connectivity index is 1.74. The van der Waals surface area contributed by atoms with Crippen LogP contribution in [0.15, 0.2) is 84.9 Å². The number of anilines is 1. The van der Waals surface area contributed by atoms with Crippen LogP contribution in [0.4, 0.5) is 5.69 Å². The van der Waals surface area contributed by atoms with E-state index in [9.17, 15) is 15.3 Å². The normalized spacial score (nSPS) is 21.6. The summed E-state index contributed by atoms with van der Waals surface area (Å²) < 4.78 is 5.59. The zero-order valence-electron chi connectivity index (χ0n) is 18.8. The number of para-hydroxylation sites is 1. The van der Waals surface area contributed by atoms with Crippen LogP contribution in [0, 0.1) is 28.1 Å². The van der Waals surface area contributed by atoms with Gasteiger partial charge in [0.05, 0.1) is 24.8 Å². The Morgan fingerprint density at radius 3 is 2.32 bits per heavy atom. The van der Waals surface area contributed by atoms with Gasteiger partial charge in [-0.1, -0.05) is 72.8 Å². The second-order valence-corrected chi connectivity index (χ2v) is 8.52. The van der Waals surface area contributed by atoms with E-state index in [1.807, 2.05) is 90.7 Å². The highest BCUT2D eigenvalue weighted by Gasteiger charge is 2.63. The molecule has 0 bridgehead atoms. The zero-order chi connectivity index (χ0) is 23.7. The predicted octanol–water partition coefficient (Wildman–Crippen LogP) is 5.37. The molecule has 0 unspecified atom stereocenters. The minimum atomic E-state index is -1.45. The lowest BCUT2D eigenvalue weighted by atomic mass is 9.69. The van der Waals surface area contributed by atoms with E-state index in [1.165, 1.54) is 0 Å². The van der Waals surface area contributed by atoms with Gasteiger partial charge in [0.15, 0.2) is 11.2 Å². The van der Waals surface area contributed by atoms with Gasteiger partial charge in [-0.05, 0) is 36.2 Å². The molecule has 5 heteroatoms. The van der Waals surface area contributed by atoms with E-state index >= 15 is 0 Å².